The molecule has 6 heteroatoms. The van der Waals surface area contributed by atoms with Gasteiger partial charge in [0.25, 0.3) is 0 Å². The maximum atomic E-state index is 11.7. The first-order chi connectivity index (χ1) is 9.77. The third-order valence-electron chi connectivity index (χ3n) is 3.36. The molecule has 0 aliphatic rings. The Morgan fingerprint density at radius 1 is 1.00 bits per heavy atom. The molecule has 2 N–H and O–H groups in total. The first-order valence-corrected chi connectivity index (χ1v) is 9.87. The van der Waals surface area contributed by atoms with Gasteiger partial charge in [0.15, 0.2) is 0 Å². The van der Waals surface area contributed by atoms with E-state index >= 15 is 0 Å². The summed E-state index contributed by atoms with van der Waals surface area (Å²) in [5.41, 5.74) is 0. The Labute approximate surface area is 131 Å². The molecule has 0 heterocycles. The highest BCUT2D eigenvalue weighted by molar-refractivity contribution is 7.50. The van der Waals surface area contributed by atoms with Crippen LogP contribution in [0.4, 0.5) is 0 Å². The van der Waals surface area contributed by atoms with E-state index in [1.807, 2.05) is 21.1 Å². The molecule has 21 heavy (non-hydrogen) atoms. The molecule has 0 saturated carbocycles. The van der Waals surface area contributed by atoms with Gasteiger partial charge in [-0.3, -0.25) is 4.52 Å². The van der Waals surface area contributed by atoms with Crippen LogP contribution in [0.5, 0.6) is 0 Å². The molecule has 0 fully saturated rings. The smallest absolute Gasteiger partial charge is 0.330 e. The van der Waals surface area contributed by atoms with Crippen LogP contribution in [0.3, 0.4) is 0 Å². The molecule has 128 valence electrons. The van der Waals surface area contributed by atoms with Crippen LogP contribution in [-0.4, -0.2) is 50.2 Å². The molecule has 0 aromatic heterocycles. The van der Waals surface area contributed by atoms with E-state index in [1.54, 1.807) is 0 Å². The highest BCUT2D eigenvalue weighted by atomic mass is 31.2. The van der Waals surface area contributed by atoms with Crippen molar-refractivity contribution < 1.29 is 18.5 Å². The van der Waals surface area contributed by atoms with Crippen LogP contribution in [0, 0.1) is 0 Å². The van der Waals surface area contributed by atoms with Gasteiger partial charge in [0.05, 0.1) is 40.8 Å². The lowest BCUT2D eigenvalue weighted by Crippen LogP contribution is -2.40. The highest BCUT2D eigenvalue weighted by Gasteiger charge is 2.19. The van der Waals surface area contributed by atoms with Gasteiger partial charge < -0.3 is 9.38 Å². The van der Waals surface area contributed by atoms with Gasteiger partial charge in [0, 0.05) is 0 Å². The van der Waals surface area contributed by atoms with Gasteiger partial charge in [-0.2, -0.15) is 0 Å². The number of likely N-dealkylation sites (N-methyl/N-ethyl adjacent to an activating group) is 1. The fraction of sp³-hybridized carbons (Fsp3) is 1.00. The first kappa shape index (κ1) is 21.1. The monoisotopic (exact) mass is 323 g/mol. The minimum atomic E-state index is -3.61. The standard InChI is InChI=1S/C15H35N2O3P/c1-5-6-7-8-9-10-11-12-15-20-21(18,19)16-13-14-17(2,3)4/h5-15H2,1-4H3,(H-,16,18,19)/p+1. The number of hydrogen-bond donors (Lipinski definition) is 2. The summed E-state index contributed by atoms with van der Waals surface area (Å²) in [5, 5.41) is 2.61. The molecule has 1 atom stereocenters. The van der Waals surface area contributed by atoms with Crippen molar-refractivity contribution in [1.29, 1.82) is 0 Å². The van der Waals surface area contributed by atoms with Crippen molar-refractivity contribution in [3.05, 3.63) is 0 Å². The average Bonchev–Trinajstić information content (AvgIpc) is 2.35. The molecule has 0 aliphatic heterocycles. The van der Waals surface area contributed by atoms with Crippen molar-refractivity contribution in [2.75, 3.05) is 40.8 Å². The van der Waals surface area contributed by atoms with Crippen molar-refractivity contribution in [1.82, 2.24) is 5.09 Å². The van der Waals surface area contributed by atoms with Gasteiger partial charge in [0.1, 0.15) is 0 Å². The molecule has 0 saturated heterocycles. The third kappa shape index (κ3) is 16.3. The van der Waals surface area contributed by atoms with Gasteiger partial charge >= 0.3 is 7.75 Å². The topological polar surface area (TPSA) is 58.6 Å². The van der Waals surface area contributed by atoms with Gasteiger partial charge in [-0.15, -0.1) is 0 Å². The highest BCUT2D eigenvalue weighted by Crippen LogP contribution is 2.36. The maximum Gasteiger partial charge on any atom is 0.403 e. The molecule has 0 bridgehead atoms. The fourth-order valence-corrected chi connectivity index (χ4v) is 2.85. The van der Waals surface area contributed by atoms with Gasteiger partial charge in [-0.05, 0) is 6.42 Å². The molecule has 0 amide bonds. The third-order valence-corrected chi connectivity index (χ3v) is 4.51. The normalized spacial score (nSPS) is 15.1. The second-order valence-electron chi connectivity index (χ2n) is 6.75. The lowest BCUT2D eigenvalue weighted by molar-refractivity contribution is -0.869. The van der Waals surface area contributed by atoms with Crippen LogP contribution in [0.2, 0.25) is 0 Å². The zero-order valence-corrected chi connectivity index (χ0v) is 15.3. The summed E-state index contributed by atoms with van der Waals surface area (Å²) >= 11 is 0. The zero-order valence-electron chi connectivity index (χ0n) is 14.4. The van der Waals surface area contributed by atoms with Crippen LogP contribution >= 0.6 is 7.75 Å². The lowest BCUT2D eigenvalue weighted by Gasteiger charge is -2.24. The molecule has 0 rings (SSSR count). The van der Waals surface area contributed by atoms with E-state index in [4.69, 9.17) is 4.52 Å². The lowest BCUT2D eigenvalue weighted by atomic mass is 10.1. The largest absolute Gasteiger partial charge is 0.403 e. The summed E-state index contributed by atoms with van der Waals surface area (Å²) < 4.78 is 17.6. The van der Waals surface area contributed by atoms with Crippen molar-refractivity contribution in [2.45, 2.75) is 58.3 Å². The van der Waals surface area contributed by atoms with Crippen molar-refractivity contribution >= 4 is 7.75 Å². The summed E-state index contributed by atoms with van der Waals surface area (Å²) in [6.45, 7) is 3.85. The van der Waals surface area contributed by atoms with Crippen LogP contribution in [0.1, 0.15) is 58.3 Å². The molecule has 0 aliphatic carbocycles. The Kier molecular flexibility index (Phi) is 11.7. The molecule has 5 nitrogen and oxygen atoms in total. The quantitative estimate of drug-likeness (QED) is 0.292. The van der Waals surface area contributed by atoms with E-state index in [0.717, 1.165) is 23.9 Å². The first-order valence-electron chi connectivity index (χ1n) is 8.30. The molecule has 0 radical (unpaired) electrons. The number of rotatable bonds is 14. The van der Waals surface area contributed by atoms with Crippen LogP contribution in [-0.2, 0) is 9.09 Å². The van der Waals surface area contributed by atoms with Gasteiger partial charge in [-0.1, -0.05) is 51.9 Å². The molecular weight excluding hydrogens is 287 g/mol. The fourth-order valence-electron chi connectivity index (χ4n) is 2.00. The molecule has 0 aromatic carbocycles. The second-order valence-corrected chi connectivity index (χ2v) is 8.37. The summed E-state index contributed by atoms with van der Waals surface area (Å²) in [6, 6.07) is 0. The number of nitrogens with one attached hydrogen (secondary N) is 1. The number of unbranched alkanes of at least 4 members (excludes halogenated alkanes) is 7. The van der Waals surface area contributed by atoms with Crippen molar-refractivity contribution in [2.24, 2.45) is 0 Å². The Bertz CT molecular complexity index is 293. The average molecular weight is 323 g/mol. The van der Waals surface area contributed by atoms with E-state index in [1.165, 1.54) is 38.5 Å². The van der Waals surface area contributed by atoms with Crippen molar-refractivity contribution in [3.8, 4) is 0 Å². The SMILES string of the molecule is CCCCCCCCCCOP(=O)(O)NCC[N+](C)(C)C. The number of nitrogens with zero attached hydrogens (tertiary/aromatic N) is 1. The van der Waals surface area contributed by atoms with E-state index < -0.39 is 7.75 Å². The second kappa shape index (κ2) is 11.6. The molecule has 1 unspecified atom stereocenters. The van der Waals surface area contributed by atoms with Crippen LogP contribution < -0.4 is 5.09 Å². The maximum absolute atomic E-state index is 11.7. The Morgan fingerprint density at radius 2 is 1.52 bits per heavy atom. The predicted molar refractivity (Wildman–Crippen MR) is 89.3 cm³/mol. The molecule has 0 spiro atoms. The van der Waals surface area contributed by atoms with E-state index in [9.17, 15) is 9.46 Å². The van der Waals surface area contributed by atoms with Gasteiger partial charge in [-0.25, -0.2) is 9.65 Å². The zero-order chi connectivity index (χ0) is 16.2. The van der Waals surface area contributed by atoms with E-state index in [2.05, 4.69) is 12.0 Å². The summed E-state index contributed by atoms with van der Waals surface area (Å²) in [5.74, 6) is 0. The summed E-state index contributed by atoms with van der Waals surface area (Å²) in [4.78, 5) is 9.63. The summed E-state index contributed by atoms with van der Waals surface area (Å²) in [7, 11) is 2.53. The Morgan fingerprint density at radius 3 is 2.05 bits per heavy atom. The predicted octanol–water partition coefficient (Wildman–Crippen LogP) is 3.54. The number of quaternary nitrogens is 1. The van der Waals surface area contributed by atoms with E-state index in [0.29, 0.717) is 13.2 Å². The Hall–Kier alpha value is 0.0700. The van der Waals surface area contributed by atoms with E-state index in [-0.39, 0.29) is 0 Å². The minimum absolute atomic E-state index is 0.361. The molecular formula is C15H36N2O3P+. The summed E-state index contributed by atoms with van der Waals surface area (Å²) in [6.07, 6.45) is 9.63. The van der Waals surface area contributed by atoms with Crippen molar-refractivity contribution in [3.63, 3.8) is 0 Å². The number of hydrogen-bond acceptors (Lipinski definition) is 2. The van der Waals surface area contributed by atoms with Crippen LogP contribution in [0.15, 0.2) is 0 Å². The Balaban J connectivity index is 3.47. The molecule has 0 aromatic rings. The van der Waals surface area contributed by atoms with Gasteiger partial charge in [0.2, 0.25) is 0 Å². The van der Waals surface area contributed by atoms with Crippen LogP contribution in [0.25, 0.3) is 0 Å². The minimum Gasteiger partial charge on any atom is -0.330 e.